The Morgan fingerprint density at radius 2 is 1.83 bits per heavy atom. The van der Waals surface area contributed by atoms with Crippen LogP contribution in [0, 0.1) is 11.3 Å². The first kappa shape index (κ1) is 21.7. The standard InChI is InChI=1S/C23H24N2O4/c1-23(2,3)18-8-10-19(11-9-18)25-21(26)15-29-22(27)17(14-24)12-16-6-5-7-20(13-16)28-4/h5-13H,15H2,1-4H3,(H,25,26)/b17-12+. The largest absolute Gasteiger partial charge is 0.497 e. The molecule has 0 aromatic heterocycles. The highest BCUT2D eigenvalue weighted by Crippen LogP contribution is 2.23. The number of ether oxygens (including phenoxy) is 2. The molecule has 0 bridgehead atoms. The van der Waals surface area contributed by atoms with Crippen molar-refractivity contribution < 1.29 is 19.1 Å². The van der Waals surface area contributed by atoms with E-state index >= 15 is 0 Å². The van der Waals surface area contributed by atoms with Crippen LogP contribution in [0.3, 0.4) is 0 Å². The van der Waals surface area contributed by atoms with Crippen LogP contribution in [0.25, 0.3) is 6.08 Å². The number of nitrogens with zero attached hydrogens (tertiary/aromatic N) is 1. The monoisotopic (exact) mass is 392 g/mol. The van der Waals surface area contributed by atoms with E-state index in [9.17, 15) is 14.9 Å². The molecule has 0 spiro atoms. The molecular weight excluding hydrogens is 368 g/mol. The number of nitrogens with one attached hydrogen (secondary N) is 1. The number of benzene rings is 2. The number of carbonyl (C=O) groups excluding carboxylic acids is 2. The first-order valence-corrected chi connectivity index (χ1v) is 9.06. The normalized spacial score (nSPS) is 11.3. The maximum absolute atomic E-state index is 12.1. The summed E-state index contributed by atoms with van der Waals surface area (Å²) in [4.78, 5) is 24.2. The van der Waals surface area contributed by atoms with Crippen LogP contribution in [0.2, 0.25) is 0 Å². The number of nitriles is 1. The van der Waals surface area contributed by atoms with Gasteiger partial charge < -0.3 is 14.8 Å². The first-order valence-electron chi connectivity index (χ1n) is 9.06. The van der Waals surface area contributed by atoms with E-state index in [-0.39, 0.29) is 11.0 Å². The second-order valence-electron chi connectivity index (χ2n) is 7.40. The molecule has 0 fully saturated rings. The molecule has 0 unspecified atom stereocenters. The quantitative estimate of drug-likeness (QED) is 0.455. The number of methoxy groups -OCH3 is 1. The van der Waals surface area contributed by atoms with Crippen molar-refractivity contribution in [1.82, 2.24) is 0 Å². The van der Waals surface area contributed by atoms with Gasteiger partial charge >= 0.3 is 5.97 Å². The fourth-order valence-electron chi connectivity index (χ4n) is 2.49. The summed E-state index contributed by atoms with van der Waals surface area (Å²) in [6.45, 7) is 5.82. The minimum Gasteiger partial charge on any atom is -0.497 e. The average Bonchev–Trinajstić information content (AvgIpc) is 2.70. The predicted molar refractivity (Wildman–Crippen MR) is 111 cm³/mol. The van der Waals surface area contributed by atoms with E-state index in [2.05, 4.69) is 26.1 Å². The Labute approximate surface area is 170 Å². The molecule has 2 rings (SSSR count). The van der Waals surface area contributed by atoms with Gasteiger partial charge in [0.2, 0.25) is 0 Å². The Kier molecular flexibility index (Phi) is 7.15. The van der Waals surface area contributed by atoms with Crippen molar-refractivity contribution in [2.75, 3.05) is 19.0 Å². The van der Waals surface area contributed by atoms with Gasteiger partial charge in [-0.3, -0.25) is 4.79 Å². The van der Waals surface area contributed by atoms with Crippen LogP contribution in [0.15, 0.2) is 54.1 Å². The summed E-state index contributed by atoms with van der Waals surface area (Å²) in [7, 11) is 1.53. The molecule has 150 valence electrons. The zero-order valence-electron chi connectivity index (χ0n) is 17.0. The summed E-state index contributed by atoms with van der Waals surface area (Å²) in [5.74, 6) is -0.754. The SMILES string of the molecule is COc1cccc(/C=C(\C#N)C(=O)OCC(=O)Nc2ccc(C(C)(C)C)cc2)c1. The first-order chi connectivity index (χ1) is 13.7. The van der Waals surface area contributed by atoms with Crippen LogP contribution < -0.4 is 10.1 Å². The molecule has 0 aliphatic rings. The second kappa shape index (κ2) is 9.56. The minimum absolute atomic E-state index is 0.0148. The van der Waals surface area contributed by atoms with Gasteiger partial charge in [0.25, 0.3) is 5.91 Å². The van der Waals surface area contributed by atoms with Crippen molar-refractivity contribution in [1.29, 1.82) is 5.26 Å². The summed E-state index contributed by atoms with van der Waals surface area (Å²) in [5, 5.41) is 11.9. The van der Waals surface area contributed by atoms with Crippen LogP contribution >= 0.6 is 0 Å². The lowest BCUT2D eigenvalue weighted by Gasteiger charge is -2.19. The number of amides is 1. The molecule has 0 radical (unpaired) electrons. The Morgan fingerprint density at radius 1 is 1.14 bits per heavy atom. The third-order valence-corrected chi connectivity index (χ3v) is 4.11. The molecular formula is C23H24N2O4. The lowest BCUT2D eigenvalue weighted by atomic mass is 9.87. The summed E-state index contributed by atoms with van der Waals surface area (Å²) in [6.07, 6.45) is 1.38. The van der Waals surface area contributed by atoms with E-state index in [1.807, 2.05) is 12.1 Å². The molecule has 0 heterocycles. The number of carbonyl (C=O) groups is 2. The lowest BCUT2D eigenvalue weighted by molar-refractivity contribution is -0.142. The van der Waals surface area contributed by atoms with Gasteiger partial charge in [-0.1, -0.05) is 45.0 Å². The van der Waals surface area contributed by atoms with Crippen molar-refractivity contribution in [3.8, 4) is 11.8 Å². The topological polar surface area (TPSA) is 88.4 Å². The molecule has 2 aromatic rings. The Bertz CT molecular complexity index is 948. The zero-order chi connectivity index (χ0) is 21.4. The highest BCUT2D eigenvalue weighted by Gasteiger charge is 2.15. The van der Waals surface area contributed by atoms with Crippen molar-refractivity contribution in [2.45, 2.75) is 26.2 Å². The Balaban J connectivity index is 1.95. The number of anilines is 1. The molecule has 0 atom stereocenters. The highest BCUT2D eigenvalue weighted by atomic mass is 16.5. The molecule has 6 heteroatoms. The van der Waals surface area contributed by atoms with Crippen molar-refractivity contribution >= 4 is 23.6 Å². The van der Waals surface area contributed by atoms with E-state index in [0.29, 0.717) is 17.0 Å². The summed E-state index contributed by atoms with van der Waals surface area (Å²) in [6, 6.07) is 16.2. The van der Waals surface area contributed by atoms with Gasteiger partial charge in [0.1, 0.15) is 17.4 Å². The van der Waals surface area contributed by atoms with Crippen molar-refractivity contribution in [2.24, 2.45) is 0 Å². The molecule has 29 heavy (non-hydrogen) atoms. The van der Waals surface area contributed by atoms with Crippen LogP contribution in [0.4, 0.5) is 5.69 Å². The Morgan fingerprint density at radius 3 is 2.41 bits per heavy atom. The maximum Gasteiger partial charge on any atom is 0.349 e. The van der Waals surface area contributed by atoms with Crippen LogP contribution in [0.1, 0.15) is 31.9 Å². The van der Waals surface area contributed by atoms with E-state index in [1.165, 1.54) is 13.2 Å². The van der Waals surface area contributed by atoms with Gasteiger partial charge in [-0.25, -0.2) is 4.79 Å². The third kappa shape index (κ3) is 6.51. The fourth-order valence-corrected chi connectivity index (χ4v) is 2.49. The summed E-state index contributed by atoms with van der Waals surface area (Å²) >= 11 is 0. The molecule has 1 N–H and O–H groups in total. The van der Waals surface area contributed by atoms with Crippen molar-refractivity contribution in [3.63, 3.8) is 0 Å². The van der Waals surface area contributed by atoms with Gasteiger partial charge in [0.05, 0.1) is 7.11 Å². The van der Waals surface area contributed by atoms with E-state index in [4.69, 9.17) is 9.47 Å². The molecule has 0 aliphatic carbocycles. The maximum atomic E-state index is 12.1. The highest BCUT2D eigenvalue weighted by molar-refractivity contribution is 6.00. The number of rotatable bonds is 6. The molecule has 1 amide bonds. The molecule has 0 saturated heterocycles. The smallest absolute Gasteiger partial charge is 0.349 e. The Hall–Kier alpha value is -3.59. The van der Waals surface area contributed by atoms with Crippen LogP contribution in [-0.4, -0.2) is 25.6 Å². The van der Waals surface area contributed by atoms with Gasteiger partial charge in [0.15, 0.2) is 6.61 Å². The zero-order valence-corrected chi connectivity index (χ0v) is 17.0. The average molecular weight is 392 g/mol. The molecule has 0 saturated carbocycles. The number of hydrogen-bond acceptors (Lipinski definition) is 5. The van der Waals surface area contributed by atoms with E-state index in [1.54, 1.807) is 42.5 Å². The molecule has 2 aromatic carbocycles. The van der Waals surface area contributed by atoms with Crippen LogP contribution in [0.5, 0.6) is 5.75 Å². The third-order valence-electron chi connectivity index (χ3n) is 4.11. The fraction of sp³-hybridized carbons (Fsp3) is 0.261. The predicted octanol–water partition coefficient (Wildman–Crippen LogP) is 4.08. The second-order valence-corrected chi connectivity index (χ2v) is 7.40. The minimum atomic E-state index is -0.867. The van der Waals surface area contributed by atoms with Crippen molar-refractivity contribution in [3.05, 3.63) is 65.2 Å². The number of esters is 1. The number of hydrogen-bond donors (Lipinski definition) is 1. The molecule has 6 nitrogen and oxygen atoms in total. The van der Waals surface area contributed by atoms with Gasteiger partial charge in [-0.2, -0.15) is 5.26 Å². The summed E-state index contributed by atoms with van der Waals surface area (Å²) in [5.41, 5.74) is 2.16. The lowest BCUT2D eigenvalue weighted by Crippen LogP contribution is -2.21. The molecule has 0 aliphatic heterocycles. The van der Waals surface area contributed by atoms with Gasteiger partial charge in [0, 0.05) is 5.69 Å². The van der Waals surface area contributed by atoms with E-state index < -0.39 is 18.5 Å². The van der Waals surface area contributed by atoms with Gasteiger partial charge in [-0.05, 0) is 46.9 Å². The van der Waals surface area contributed by atoms with Gasteiger partial charge in [-0.15, -0.1) is 0 Å². The summed E-state index contributed by atoms with van der Waals surface area (Å²) < 4.78 is 10.1. The van der Waals surface area contributed by atoms with E-state index in [0.717, 1.165) is 5.56 Å². The van der Waals surface area contributed by atoms with Crippen LogP contribution in [-0.2, 0) is 19.7 Å².